The van der Waals surface area contributed by atoms with Crippen molar-refractivity contribution in [1.29, 1.82) is 0 Å². The molecule has 0 spiro atoms. The molecule has 24 heavy (non-hydrogen) atoms. The fraction of sp³-hybridized carbons (Fsp3) is 0.500. The summed E-state index contributed by atoms with van der Waals surface area (Å²) >= 11 is 0. The van der Waals surface area contributed by atoms with Crippen LogP contribution in [0.25, 0.3) is 0 Å². The summed E-state index contributed by atoms with van der Waals surface area (Å²) in [6, 6.07) is 7.05. The van der Waals surface area contributed by atoms with E-state index < -0.39 is 17.3 Å². The number of aryl methyl sites for hydroxylation is 1. The van der Waals surface area contributed by atoms with Crippen LogP contribution < -0.4 is 11.1 Å². The Morgan fingerprint density at radius 1 is 1.04 bits per heavy atom. The number of carboxylic acid groups (broad SMARTS) is 1. The SMILES string of the molecule is NC(=O)CCc1ccc(NC(=O)C2(C(=O)O)CCCCCC2)cc1. The van der Waals surface area contributed by atoms with Gasteiger partial charge in [0.25, 0.3) is 0 Å². The molecular weight excluding hydrogens is 308 g/mol. The molecule has 1 saturated carbocycles. The van der Waals surface area contributed by atoms with Gasteiger partial charge in [0.15, 0.2) is 0 Å². The molecule has 4 N–H and O–H groups in total. The van der Waals surface area contributed by atoms with Crippen LogP contribution in [0.1, 0.15) is 50.5 Å². The van der Waals surface area contributed by atoms with Crippen LogP contribution >= 0.6 is 0 Å². The fourth-order valence-corrected chi connectivity index (χ4v) is 3.14. The molecule has 6 nitrogen and oxygen atoms in total. The molecular formula is C18H24N2O4. The molecule has 2 rings (SSSR count). The summed E-state index contributed by atoms with van der Waals surface area (Å²) in [5.74, 6) is -1.84. The molecule has 0 saturated heterocycles. The molecule has 0 heterocycles. The minimum atomic E-state index is -1.33. The van der Waals surface area contributed by atoms with E-state index in [4.69, 9.17) is 5.73 Å². The maximum absolute atomic E-state index is 12.6. The Balaban J connectivity index is 2.06. The van der Waals surface area contributed by atoms with Crippen molar-refractivity contribution < 1.29 is 19.5 Å². The largest absolute Gasteiger partial charge is 0.480 e. The van der Waals surface area contributed by atoms with Gasteiger partial charge in [0.2, 0.25) is 11.8 Å². The van der Waals surface area contributed by atoms with Crippen LogP contribution in [0.3, 0.4) is 0 Å². The second-order valence-electron chi connectivity index (χ2n) is 6.42. The van der Waals surface area contributed by atoms with E-state index in [0.29, 0.717) is 24.9 Å². The zero-order chi connectivity index (χ0) is 17.6. The first-order chi connectivity index (χ1) is 11.4. The van der Waals surface area contributed by atoms with E-state index in [2.05, 4.69) is 5.32 Å². The normalized spacial score (nSPS) is 16.8. The van der Waals surface area contributed by atoms with Crippen molar-refractivity contribution in [3.63, 3.8) is 0 Å². The first-order valence-electron chi connectivity index (χ1n) is 8.36. The maximum Gasteiger partial charge on any atom is 0.319 e. The van der Waals surface area contributed by atoms with Crippen LogP contribution in [-0.4, -0.2) is 22.9 Å². The van der Waals surface area contributed by atoms with Crippen molar-refractivity contribution in [2.75, 3.05) is 5.32 Å². The first kappa shape index (κ1) is 18.0. The molecule has 0 radical (unpaired) electrons. The van der Waals surface area contributed by atoms with E-state index in [1.54, 1.807) is 24.3 Å². The average molecular weight is 332 g/mol. The summed E-state index contributed by atoms with van der Waals surface area (Å²) in [5, 5.41) is 12.4. The molecule has 0 aliphatic heterocycles. The van der Waals surface area contributed by atoms with E-state index in [1.807, 2.05) is 0 Å². The van der Waals surface area contributed by atoms with Gasteiger partial charge in [-0.3, -0.25) is 14.4 Å². The van der Waals surface area contributed by atoms with E-state index in [9.17, 15) is 19.5 Å². The maximum atomic E-state index is 12.6. The highest BCUT2D eigenvalue weighted by Crippen LogP contribution is 2.36. The lowest BCUT2D eigenvalue weighted by Gasteiger charge is -2.26. The molecule has 1 aromatic rings. The number of amides is 2. The van der Waals surface area contributed by atoms with Gasteiger partial charge >= 0.3 is 5.97 Å². The van der Waals surface area contributed by atoms with E-state index >= 15 is 0 Å². The van der Waals surface area contributed by atoms with E-state index in [-0.39, 0.29) is 12.3 Å². The van der Waals surface area contributed by atoms with Gasteiger partial charge in [-0.1, -0.05) is 37.8 Å². The van der Waals surface area contributed by atoms with Crippen LogP contribution in [0.2, 0.25) is 0 Å². The average Bonchev–Trinajstić information content (AvgIpc) is 2.81. The quantitative estimate of drug-likeness (QED) is 0.549. The molecule has 2 amide bonds. The number of benzene rings is 1. The first-order valence-corrected chi connectivity index (χ1v) is 8.36. The van der Waals surface area contributed by atoms with Gasteiger partial charge in [0.1, 0.15) is 5.41 Å². The molecule has 6 heteroatoms. The number of rotatable bonds is 6. The standard InChI is InChI=1S/C18H24N2O4/c19-15(21)10-7-13-5-8-14(9-6-13)20-16(22)18(17(23)24)11-3-1-2-4-12-18/h5-6,8-9H,1-4,7,10-12H2,(H2,19,21)(H,20,22)(H,23,24). The Kier molecular flexibility index (Phi) is 5.95. The lowest BCUT2D eigenvalue weighted by molar-refractivity contribution is -0.155. The van der Waals surface area contributed by atoms with E-state index in [0.717, 1.165) is 31.2 Å². The third-order valence-electron chi connectivity index (χ3n) is 4.67. The Morgan fingerprint density at radius 3 is 2.12 bits per heavy atom. The molecule has 1 aromatic carbocycles. The van der Waals surface area contributed by atoms with Crippen molar-refractivity contribution in [2.45, 2.75) is 51.4 Å². The van der Waals surface area contributed by atoms with Crippen molar-refractivity contribution in [1.82, 2.24) is 0 Å². The van der Waals surface area contributed by atoms with Gasteiger partial charge < -0.3 is 16.2 Å². The number of nitrogens with two attached hydrogens (primary N) is 1. The van der Waals surface area contributed by atoms with Crippen molar-refractivity contribution in [2.24, 2.45) is 11.1 Å². The monoisotopic (exact) mass is 332 g/mol. The highest BCUT2D eigenvalue weighted by molar-refractivity contribution is 6.08. The van der Waals surface area contributed by atoms with Crippen LogP contribution in [0.15, 0.2) is 24.3 Å². The van der Waals surface area contributed by atoms with Crippen LogP contribution in [0, 0.1) is 5.41 Å². The fourth-order valence-electron chi connectivity index (χ4n) is 3.14. The van der Waals surface area contributed by atoms with Crippen molar-refractivity contribution >= 4 is 23.5 Å². The lowest BCUT2D eigenvalue weighted by Crippen LogP contribution is -2.42. The van der Waals surface area contributed by atoms with Crippen LogP contribution in [0.4, 0.5) is 5.69 Å². The van der Waals surface area contributed by atoms with Gasteiger partial charge in [0.05, 0.1) is 0 Å². The number of carbonyl (C=O) groups is 3. The molecule has 1 fully saturated rings. The highest BCUT2D eigenvalue weighted by Gasteiger charge is 2.45. The highest BCUT2D eigenvalue weighted by atomic mass is 16.4. The molecule has 0 atom stereocenters. The zero-order valence-corrected chi connectivity index (χ0v) is 13.7. The number of nitrogens with one attached hydrogen (secondary N) is 1. The molecule has 1 aliphatic rings. The Morgan fingerprint density at radius 2 is 1.62 bits per heavy atom. The zero-order valence-electron chi connectivity index (χ0n) is 13.7. The number of hydrogen-bond donors (Lipinski definition) is 3. The van der Waals surface area contributed by atoms with Gasteiger partial charge in [-0.05, 0) is 37.0 Å². The predicted molar refractivity (Wildman–Crippen MR) is 90.4 cm³/mol. The summed E-state index contributed by atoms with van der Waals surface area (Å²) in [6.45, 7) is 0. The molecule has 0 aromatic heterocycles. The van der Waals surface area contributed by atoms with Gasteiger partial charge in [-0.2, -0.15) is 0 Å². The minimum Gasteiger partial charge on any atom is -0.480 e. The van der Waals surface area contributed by atoms with Crippen LogP contribution in [0.5, 0.6) is 0 Å². The second-order valence-corrected chi connectivity index (χ2v) is 6.42. The summed E-state index contributed by atoms with van der Waals surface area (Å²) in [6.07, 6.45) is 5.03. The summed E-state index contributed by atoms with van der Waals surface area (Å²) in [7, 11) is 0. The molecule has 0 unspecified atom stereocenters. The molecule has 130 valence electrons. The second kappa shape index (κ2) is 7.95. The van der Waals surface area contributed by atoms with Crippen molar-refractivity contribution in [3.05, 3.63) is 29.8 Å². The topological polar surface area (TPSA) is 109 Å². The lowest BCUT2D eigenvalue weighted by atomic mass is 9.79. The smallest absolute Gasteiger partial charge is 0.319 e. The Labute approximate surface area is 141 Å². The predicted octanol–water partition coefficient (Wildman–Crippen LogP) is 2.47. The van der Waals surface area contributed by atoms with E-state index in [1.165, 1.54) is 0 Å². The number of hydrogen-bond acceptors (Lipinski definition) is 3. The summed E-state index contributed by atoms with van der Waals surface area (Å²) in [5.41, 5.74) is 5.29. The number of primary amides is 1. The molecule has 0 bridgehead atoms. The van der Waals surface area contributed by atoms with Crippen LogP contribution in [-0.2, 0) is 20.8 Å². The Bertz CT molecular complexity index is 602. The number of aliphatic carboxylic acids is 1. The third kappa shape index (κ3) is 4.34. The number of carboxylic acids is 1. The Hall–Kier alpha value is -2.37. The third-order valence-corrected chi connectivity index (χ3v) is 4.67. The van der Waals surface area contributed by atoms with Gasteiger partial charge in [-0.25, -0.2) is 0 Å². The summed E-state index contributed by atoms with van der Waals surface area (Å²) < 4.78 is 0. The van der Waals surface area contributed by atoms with Crippen molar-refractivity contribution in [3.8, 4) is 0 Å². The number of carbonyl (C=O) groups excluding carboxylic acids is 2. The van der Waals surface area contributed by atoms with Gasteiger partial charge in [0, 0.05) is 12.1 Å². The molecule has 1 aliphatic carbocycles. The van der Waals surface area contributed by atoms with Gasteiger partial charge in [-0.15, -0.1) is 0 Å². The number of anilines is 1. The summed E-state index contributed by atoms with van der Waals surface area (Å²) in [4.78, 5) is 35.2. The minimum absolute atomic E-state index is 0.272.